The Morgan fingerprint density at radius 1 is 1.10 bits per heavy atom. The topological polar surface area (TPSA) is 95.9 Å². The predicted octanol–water partition coefficient (Wildman–Crippen LogP) is 2.11. The molecule has 0 saturated carbocycles. The van der Waals surface area contributed by atoms with Crippen LogP contribution in [-0.2, 0) is 4.79 Å². The van der Waals surface area contributed by atoms with Crippen LogP contribution in [-0.4, -0.2) is 28.7 Å². The van der Waals surface area contributed by atoms with E-state index in [1.54, 1.807) is 24.3 Å². The number of hydrogen-bond donors (Lipinski definition) is 3. The summed E-state index contributed by atoms with van der Waals surface area (Å²) in [4.78, 5) is 22.8. The molecule has 0 unspecified atom stereocenters. The largest absolute Gasteiger partial charge is 0.508 e. The molecule has 0 bridgehead atoms. The van der Waals surface area contributed by atoms with Gasteiger partial charge in [0.1, 0.15) is 11.5 Å². The number of nitrogens with one attached hydrogen (secondary N) is 1. The number of carboxylic acids is 1. The smallest absolute Gasteiger partial charge is 0.337 e. The first-order chi connectivity index (χ1) is 10.1. The van der Waals surface area contributed by atoms with Crippen LogP contribution in [0.25, 0.3) is 0 Å². The Morgan fingerprint density at radius 2 is 1.81 bits per heavy atom. The lowest BCUT2D eigenvalue weighted by atomic mass is 10.1. The number of aromatic carboxylic acids is 1. The number of benzene rings is 2. The van der Waals surface area contributed by atoms with E-state index in [-0.39, 0.29) is 23.6 Å². The van der Waals surface area contributed by atoms with Crippen molar-refractivity contribution in [2.24, 2.45) is 0 Å². The molecule has 0 aromatic heterocycles. The monoisotopic (exact) mass is 287 g/mol. The Kier molecular flexibility index (Phi) is 4.40. The van der Waals surface area contributed by atoms with Gasteiger partial charge in [-0.25, -0.2) is 4.79 Å². The number of carbonyl (C=O) groups excluding carboxylic acids is 1. The van der Waals surface area contributed by atoms with E-state index < -0.39 is 11.9 Å². The van der Waals surface area contributed by atoms with Crippen molar-refractivity contribution in [1.82, 2.24) is 0 Å². The molecule has 1 amide bonds. The van der Waals surface area contributed by atoms with Crippen molar-refractivity contribution in [3.8, 4) is 11.5 Å². The summed E-state index contributed by atoms with van der Waals surface area (Å²) in [7, 11) is 0. The fourth-order valence-corrected chi connectivity index (χ4v) is 1.67. The van der Waals surface area contributed by atoms with E-state index in [1.807, 2.05) is 6.07 Å². The number of carbonyl (C=O) groups is 2. The molecule has 0 fully saturated rings. The van der Waals surface area contributed by atoms with Crippen molar-refractivity contribution >= 4 is 17.6 Å². The van der Waals surface area contributed by atoms with E-state index >= 15 is 0 Å². The van der Waals surface area contributed by atoms with Crippen LogP contribution in [0.2, 0.25) is 0 Å². The van der Waals surface area contributed by atoms with Gasteiger partial charge in [-0.1, -0.05) is 18.2 Å². The summed E-state index contributed by atoms with van der Waals surface area (Å²) in [6.07, 6.45) is 0. The molecule has 0 aliphatic carbocycles. The summed E-state index contributed by atoms with van der Waals surface area (Å²) < 4.78 is 5.26. The SMILES string of the molecule is O=C(COc1ccccc1)Nc1ccc(O)cc1C(=O)O. The summed E-state index contributed by atoms with van der Waals surface area (Å²) in [6.45, 7) is -0.246. The number of phenols is 1. The van der Waals surface area contributed by atoms with Crippen molar-refractivity contribution in [3.05, 3.63) is 54.1 Å². The quantitative estimate of drug-likeness (QED) is 0.732. The van der Waals surface area contributed by atoms with Crippen molar-refractivity contribution < 1.29 is 24.5 Å². The normalized spacial score (nSPS) is 9.90. The highest BCUT2D eigenvalue weighted by Crippen LogP contribution is 2.21. The summed E-state index contributed by atoms with van der Waals surface area (Å²) in [6, 6.07) is 12.5. The molecule has 0 aliphatic heterocycles. The molecule has 2 rings (SSSR count). The molecule has 3 N–H and O–H groups in total. The lowest BCUT2D eigenvalue weighted by molar-refractivity contribution is -0.118. The van der Waals surface area contributed by atoms with Gasteiger partial charge < -0.3 is 20.3 Å². The summed E-state index contributed by atoms with van der Waals surface area (Å²) in [5.74, 6) is -1.39. The molecule has 2 aromatic rings. The average molecular weight is 287 g/mol. The van der Waals surface area contributed by atoms with Gasteiger partial charge >= 0.3 is 5.97 Å². The fourth-order valence-electron chi connectivity index (χ4n) is 1.67. The fraction of sp³-hybridized carbons (Fsp3) is 0.0667. The summed E-state index contributed by atoms with van der Waals surface area (Å²) in [5.41, 5.74) is -0.0926. The molecular formula is C15H13NO5. The lowest BCUT2D eigenvalue weighted by Crippen LogP contribution is -2.21. The van der Waals surface area contributed by atoms with Crippen LogP contribution in [0.4, 0.5) is 5.69 Å². The molecule has 6 nitrogen and oxygen atoms in total. The van der Waals surface area contributed by atoms with E-state index in [2.05, 4.69) is 5.32 Å². The van der Waals surface area contributed by atoms with Gasteiger partial charge in [-0.15, -0.1) is 0 Å². The summed E-state index contributed by atoms with van der Waals surface area (Å²) >= 11 is 0. The molecule has 108 valence electrons. The molecular weight excluding hydrogens is 274 g/mol. The third-order valence-electron chi connectivity index (χ3n) is 2.62. The van der Waals surface area contributed by atoms with Gasteiger partial charge in [-0.3, -0.25) is 4.79 Å². The van der Waals surface area contributed by atoms with E-state index in [0.29, 0.717) is 5.75 Å². The van der Waals surface area contributed by atoms with Gasteiger partial charge in [-0.2, -0.15) is 0 Å². The predicted molar refractivity (Wildman–Crippen MR) is 75.6 cm³/mol. The first-order valence-corrected chi connectivity index (χ1v) is 6.10. The zero-order valence-corrected chi connectivity index (χ0v) is 10.9. The first-order valence-electron chi connectivity index (χ1n) is 6.10. The van der Waals surface area contributed by atoms with E-state index in [1.165, 1.54) is 12.1 Å². The Morgan fingerprint density at radius 3 is 2.48 bits per heavy atom. The molecule has 0 saturated heterocycles. The highest BCUT2D eigenvalue weighted by molar-refractivity contribution is 6.01. The first kappa shape index (κ1) is 14.4. The number of amides is 1. The van der Waals surface area contributed by atoms with E-state index in [4.69, 9.17) is 9.84 Å². The maximum Gasteiger partial charge on any atom is 0.337 e. The minimum Gasteiger partial charge on any atom is -0.508 e. The van der Waals surface area contributed by atoms with Crippen LogP contribution in [0, 0.1) is 0 Å². The van der Waals surface area contributed by atoms with Crippen LogP contribution < -0.4 is 10.1 Å². The molecule has 2 aromatic carbocycles. The molecule has 0 atom stereocenters. The van der Waals surface area contributed by atoms with Crippen molar-refractivity contribution in [2.75, 3.05) is 11.9 Å². The highest BCUT2D eigenvalue weighted by atomic mass is 16.5. The number of para-hydroxylation sites is 1. The van der Waals surface area contributed by atoms with Crippen molar-refractivity contribution in [3.63, 3.8) is 0 Å². The number of hydrogen-bond acceptors (Lipinski definition) is 4. The minimum absolute atomic E-state index is 0.0990. The maximum absolute atomic E-state index is 11.8. The number of anilines is 1. The lowest BCUT2D eigenvalue weighted by Gasteiger charge is -2.10. The van der Waals surface area contributed by atoms with Crippen LogP contribution in [0.3, 0.4) is 0 Å². The van der Waals surface area contributed by atoms with Crippen LogP contribution in [0.1, 0.15) is 10.4 Å². The van der Waals surface area contributed by atoms with Gasteiger partial charge in [0.15, 0.2) is 6.61 Å². The Balaban J connectivity index is 2.01. The van der Waals surface area contributed by atoms with Crippen molar-refractivity contribution in [2.45, 2.75) is 0 Å². The third-order valence-corrected chi connectivity index (χ3v) is 2.62. The van der Waals surface area contributed by atoms with E-state index in [9.17, 15) is 14.7 Å². The Hall–Kier alpha value is -3.02. The van der Waals surface area contributed by atoms with Crippen LogP contribution >= 0.6 is 0 Å². The van der Waals surface area contributed by atoms with Crippen molar-refractivity contribution in [1.29, 1.82) is 0 Å². The second-order valence-electron chi connectivity index (χ2n) is 4.18. The third kappa shape index (κ3) is 3.97. The number of phenolic OH excluding ortho intramolecular Hbond substituents is 1. The number of ether oxygens (including phenoxy) is 1. The molecule has 0 spiro atoms. The molecule has 6 heteroatoms. The Labute approximate surface area is 120 Å². The van der Waals surface area contributed by atoms with Gasteiger partial charge in [0.05, 0.1) is 11.3 Å². The second-order valence-corrected chi connectivity index (χ2v) is 4.18. The Bertz CT molecular complexity index is 654. The zero-order valence-electron chi connectivity index (χ0n) is 10.9. The number of carboxylic acid groups (broad SMARTS) is 1. The molecule has 0 aliphatic rings. The standard InChI is InChI=1S/C15H13NO5/c17-10-6-7-13(12(8-10)15(19)20)16-14(18)9-21-11-4-2-1-3-5-11/h1-8,17H,9H2,(H,16,18)(H,19,20). The molecule has 21 heavy (non-hydrogen) atoms. The zero-order chi connectivity index (χ0) is 15.2. The highest BCUT2D eigenvalue weighted by Gasteiger charge is 2.13. The maximum atomic E-state index is 11.8. The van der Waals surface area contributed by atoms with Gasteiger partial charge in [0.2, 0.25) is 0 Å². The minimum atomic E-state index is -1.25. The van der Waals surface area contributed by atoms with Crippen LogP contribution in [0.5, 0.6) is 11.5 Å². The van der Waals surface area contributed by atoms with Crippen LogP contribution in [0.15, 0.2) is 48.5 Å². The molecule has 0 radical (unpaired) electrons. The van der Waals surface area contributed by atoms with Gasteiger partial charge in [0.25, 0.3) is 5.91 Å². The molecule has 0 heterocycles. The second kappa shape index (κ2) is 6.42. The number of rotatable bonds is 5. The summed E-state index contributed by atoms with van der Waals surface area (Å²) in [5, 5.41) is 20.7. The average Bonchev–Trinajstić information content (AvgIpc) is 2.48. The number of aromatic hydroxyl groups is 1. The van der Waals surface area contributed by atoms with Gasteiger partial charge in [-0.05, 0) is 30.3 Å². The van der Waals surface area contributed by atoms with Gasteiger partial charge in [0, 0.05) is 0 Å². The van der Waals surface area contributed by atoms with E-state index in [0.717, 1.165) is 6.07 Å².